The molecule has 0 aliphatic carbocycles. The lowest BCUT2D eigenvalue weighted by Crippen LogP contribution is -2.52. The Morgan fingerprint density at radius 2 is 2.11 bits per heavy atom. The standard InChI is InChI=1S/C11H20N2O5/c1-3-12-8-5-18-4-7(8)10(15)13-9(6(2)14)11(16)17/h6-9,12,14H,3-5H2,1-2H3,(H,13,15)(H,16,17). The molecule has 0 bridgehead atoms. The highest BCUT2D eigenvalue weighted by molar-refractivity contribution is 5.86. The fourth-order valence-electron chi connectivity index (χ4n) is 1.93. The van der Waals surface area contributed by atoms with E-state index in [4.69, 9.17) is 9.84 Å². The summed E-state index contributed by atoms with van der Waals surface area (Å²) in [6.07, 6.45) is -1.15. The van der Waals surface area contributed by atoms with E-state index in [2.05, 4.69) is 10.6 Å². The average Bonchev–Trinajstić information content (AvgIpc) is 2.73. The molecule has 4 N–H and O–H groups in total. The fraction of sp³-hybridized carbons (Fsp3) is 0.818. The molecule has 0 aromatic carbocycles. The molecular formula is C11H20N2O5. The Morgan fingerprint density at radius 3 is 2.61 bits per heavy atom. The van der Waals surface area contributed by atoms with E-state index in [1.807, 2.05) is 6.92 Å². The summed E-state index contributed by atoms with van der Waals surface area (Å²) in [6.45, 7) is 4.64. The summed E-state index contributed by atoms with van der Waals surface area (Å²) in [4.78, 5) is 22.8. The van der Waals surface area contributed by atoms with Crippen LogP contribution in [0.15, 0.2) is 0 Å². The summed E-state index contributed by atoms with van der Waals surface area (Å²) >= 11 is 0. The van der Waals surface area contributed by atoms with Crippen LogP contribution in [0.2, 0.25) is 0 Å². The maximum atomic E-state index is 11.9. The van der Waals surface area contributed by atoms with Gasteiger partial charge < -0.3 is 25.6 Å². The molecule has 1 heterocycles. The molecule has 0 radical (unpaired) electrons. The summed E-state index contributed by atoms with van der Waals surface area (Å²) in [6, 6.07) is -1.40. The number of hydrogen-bond acceptors (Lipinski definition) is 5. The van der Waals surface area contributed by atoms with Crippen LogP contribution in [0.4, 0.5) is 0 Å². The van der Waals surface area contributed by atoms with Crippen molar-refractivity contribution in [1.82, 2.24) is 10.6 Å². The molecule has 1 saturated heterocycles. The van der Waals surface area contributed by atoms with Gasteiger partial charge in [0.05, 0.1) is 25.2 Å². The normalized spacial score (nSPS) is 26.6. The van der Waals surface area contributed by atoms with Gasteiger partial charge in [-0.15, -0.1) is 0 Å². The van der Waals surface area contributed by atoms with Crippen molar-refractivity contribution >= 4 is 11.9 Å². The molecule has 0 aromatic heterocycles. The first kappa shape index (κ1) is 14.9. The monoisotopic (exact) mass is 260 g/mol. The van der Waals surface area contributed by atoms with E-state index in [-0.39, 0.29) is 12.6 Å². The van der Waals surface area contributed by atoms with E-state index >= 15 is 0 Å². The van der Waals surface area contributed by atoms with Crippen LogP contribution in [0.3, 0.4) is 0 Å². The van der Waals surface area contributed by atoms with E-state index < -0.39 is 29.9 Å². The number of hydrogen-bond donors (Lipinski definition) is 4. The second kappa shape index (κ2) is 6.67. The number of nitrogens with one attached hydrogen (secondary N) is 2. The highest BCUT2D eigenvalue weighted by Gasteiger charge is 2.36. The van der Waals surface area contributed by atoms with Gasteiger partial charge >= 0.3 is 5.97 Å². The lowest BCUT2D eigenvalue weighted by molar-refractivity contribution is -0.145. The van der Waals surface area contributed by atoms with Crippen LogP contribution in [-0.4, -0.2) is 60.0 Å². The van der Waals surface area contributed by atoms with Crippen molar-refractivity contribution in [3.8, 4) is 0 Å². The first-order chi connectivity index (χ1) is 8.47. The first-order valence-corrected chi connectivity index (χ1v) is 5.99. The Labute approximate surface area is 106 Å². The molecule has 0 aromatic rings. The number of carboxylic acid groups (broad SMARTS) is 1. The van der Waals surface area contributed by atoms with Gasteiger partial charge in [0.2, 0.25) is 5.91 Å². The number of aliphatic hydroxyl groups is 1. The van der Waals surface area contributed by atoms with Gasteiger partial charge in [-0.1, -0.05) is 6.92 Å². The minimum Gasteiger partial charge on any atom is -0.480 e. The zero-order chi connectivity index (χ0) is 13.7. The highest BCUT2D eigenvalue weighted by atomic mass is 16.5. The largest absolute Gasteiger partial charge is 0.480 e. The van der Waals surface area contributed by atoms with E-state index in [1.165, 1.54) is 6.92 Å². The molecule has 1 rings (SSSR count). The minimum atomic E-state index is -1.29. The number of aliphatic carboxylic acids is 1. The van der Waals surface area contributed by atoms with Crippen LogP contribution in [-0.2, 0) is 14.3 Å². The molecule has 18 heavy (non-hydrogen) atoms. The average molecular weight is 260 g/mol. The third-order valence-corrected chi connectivity index (χ3v) is 2.93. The molecule has 0 spiro atoms. The topological polar surface area (TPSA) is 108 Å². The predicted molar refractivity (Wildman–Crippen MR) is 63.0 cm³/mol. The molecular weight excluding hydrogens is 240 g/mol. The Morgan fingerprint density at radius 1 is 1.44 bits per heavy atom. The van der Waals surface area contributed by atoms with Crippen LogP contribution in [0, 0.1) is 5.92 Å². The lowest BCUT2D eigenvalue weighted by atomic mass is 10.0. The Bertz CT molecular complexity index is 308. The van der Waals surface area contributed by atoms with Crippen molar-refractivity contribution in [3.63, 3.8) is 0 Å². The zero-order valence-electron chi connectivity index (χ0n) is 10.5. The molecule has 4 atom stereocenters. The molecule has 7 heteroatoms. The van der Waals surface area contributed by atoms with Crippen molar-refractivity contribution in [2.45, 2.75) is 32.0 Å². The molecule has 7 nitrogen and oxygen atoms in total. The van der Waals surface area contributed by atoms with E-state index in [0.29, 0.717) is 13.2 Å². The maximum Gasteiger partial charge on any atom is 0.328 e. The maximum absolute atomic E-state index is 11.9. The zero-order valence-corrected chi connectivity index (χ0v) is 10.5. The number of carbonyl (C=O) groups excluding carboxylic acids is 1. The van der Waals surface area contributed by atoms with Crippen molar-refractivity contribution in [3.05, 3.63) is 0 Å². The van der Waals surface area contributed by atoms with Gasteiger partial charge in [-0.05, 0) is 13.5 Å². The van der Waals surface area contributed by atoms with Gasteiger partial charge in [0.1, 0.15) is 0 Å². The molecule has 1 aliphatic heterocycles. The number of rotatable bonds is 6. The van der Waals surface area contributed by atoms with Gasteiger partial charge in [0.25, 0.3) is 0 Å². The Balaban J connectivity index is 2.60. The number of carboxylic acids is 1. The van der Waals surface area contributed by atoms with Gasteiger partial charge in [0, 0.05) is 6.04 Å². The number of aliphatic hydroxyl groups excluding tert-OH is 1. The summed E-state index contributed by atoms with van der Waals surface area (Å²) in [7, 11) is 0. The second-order valence-electron chi connectivity index (χ2n) is 4.37. The second-order valence-corrected chi connectivity index (χ2v) is 4.37. The Kier molecular flexibility index (Phi) is 5.52. The molecule has 0 saturated carbocycles. The van der Waals surface area contributed by atoms with Gasteiger partial charge in [0.15, 0.2) is 6.04 Å². The van der Waals surface area contributed by atoms with Crippen molar-refractivity contribution in [2.75, 3.05) is 19.8 Å². The van der Waals surface area contributed by atoms with E-state index in [9.17, 15) is 14.7 Å². The smallest absolute Gasteiger partial charge is 0.328 e. The van der Waals surface area contributed by atoms with Crippen molar-refractivity contribution < 1.29 is 24.5 Å². The fourth-order valence-corrected chi connectivity index (χ4v) is 1.93. The quantitative estimate of drug-likeness (QED) is 0.466. The van der Waals surface area contributed by atoms with E-state index in [1.54, 1.807) is 0 Å². The number of likely N-dealkylation sites (N-methyl/N-ethyl adjacent to an activating group) is 1. The van der Waals surface area contributed by atoms with Gasteiger partial charge in [-0.3, -0.25) is 4.79 Å². The SMILES string of the molecule is CCNC1COCC1C(=O)NC(C(=O)O)C(C)O. The van der Waals surface area contributed by atoms with Crippen LogP contribution in [0.25, 0.3) is 0 Å². The Hall–Kier alpha value is -1.18. The molecule has 1 aliphatic rings. The van der Waals surface area contributed by atoms with Crippen molar-refractivity contribution in [2.24, 2.45) is 5.92 Å². The molecule has 104 valence electrons. The van der Waals surface area contributed by atoms with Crippen molar-refractivity contribution in [1.29, 1.82) is 0 Å². The van der Waals surface area contributed by atoms with Crippen LogP contribution in [0.1, 0.15) is 13.8 Å². The third kappa shape index (κ3) is 3.66. The van der Waals surface area contributed by atoms with Gasteiger partial charge in [-0.25, -0.2) is 4.79 Å². The molecule has 1 amide bonds. The summed E-state index contributed by atoms with van der Waals surface area (Å²) in [5.74, 6) is -2.09. The lowest BCUT2D eigenvalue weighted by Gasteiger charge is -2.22. The van der Waals surface area contributed by atoms with Crippen LogP contribution < -0.4 is 10.6 Å². The summed E-state index contributed by atoms with van der Waals surface area (Å²) in [5.41, 5.74) is 0. The number of ether oxygens (including phenoxy) is 1. The molecule has 1 fully saturated rings. The van der Waals surface area contributed by atoms with E-state index in [0.717, 1.165) is 0 Å². The highest BCUT2D eigenvalue weighted by Crippen LogP contribution is 2.14. The molecule has 4 unspecified atom stereocenters. The third-order valence-electron chi connectivity index (χ3n) is 2.93. The summed E-state index contributed by atoms with van der Waals surface area (Å²) < 4.78 is 5.21. The number of amides is 1. The number of carbonyl (C=O) groups is 2. The van der Waals surface area contributed by atoms with Gasteiger partial charge in [-0.2, -0.15) is 0 Å². The van der Waals surface area contributed by atoms with Crippen LogP contribution in [0.5, 0.6) is 0 Å². The summed E-state index contributed by atoms with van der Waals surface area (Å²) in [5, 5.41) is 23.6. The first-order valence-electron chi connectivity index (χ1n) is 5.99. The predicted octanol–water partition coefficient (Wildman–Crippen LogP) is -1.44. The minimum absolute atomic E-state index is 0.113. The van der Waals surface area contributed by atoms with Crippen LogP contribution >= 0.6 is 0 Å².